The molecule has 0 radical (unpaired) electrons. The van der Waals surface area contributed by atoms with Gasteiger partial charge in [-0.3, -0.25) is 4.40 Å². The standard InChI is InChI=1S/C39H24N2/c1-3-13-25(14-4-1)35-33-23-27-17-7-8-18-28(27)24-34(33)39-40-36-31-21-11-9-19-29(31)30-20-10-12-22-32(30)38(36)41(39)37(35)26-15-5-2-6-16-26/h1-24H. The number of hydrogen-bond donors (Lipinski definition) is 0. The second-order valence-corrected chi connectivity index (χ2v) is 10.8. The Morgan fingerprint density at radius 1 is 0.415 bits per heavy atom. The normalized spacial score (nSPS) is 11.9. The van der Waals surface area contributed by atoms with Gasteiger partial charge in [-0.25, -0.2) is 4.98 Å². The van der Waals surface area contributed by atoms with Gasteiger partial charge in [0.15, 0.2) is 0 Å². The Morgan fingerprint density at radius 3 is 1.61 bits per heavy atom. The van der Waals surface area contributed by atoms with Crippen molar-refractivity contribution in [1.29, 1.82) is 0 Å². The van der Waals surface area contributed by atoms with E-state index in [2.05, 4.69) is 150 Å². The molecule has 0 atom stereocenters. The summed E-state index contributed by atoms with van der Waals surface area (Å²) in [5.74, 6) is 0. The van der Waals surface area contributed by atoms with E-state index in [4.69, 9.17) is 4.98 Å². The molecular formula is C39H24N2. The van der Waals surface area contributed by atoms with E-state index in [1.807, 2.05) is 0 Å². The van der Waals surface area contributed by atoms with Gasteiger partial charge in [-0.2, -0.15) is 0 Å². The van der Waals surface area contributed by atoms with Crippen LogP contribution in [-0.4, -0.2) is 9.38 Å². The molecule has 0 bridgehead atoms. The molecule has 0 saturated heterocycles. The average molecular weight is 521 g/mol. The molecule has 0 fully saturated rings. The number of pyridine rings is 1. The number of rotatable bonds is 2. The van der Waals surface area contributed by atoms with Crippen LogP contribution in [0.5, 0.6) is 0 Å². The summed E-state index contributed by atoms with van der Waals surface area (Å²) in [6, 6.07) is 52.4. The zero-order chi connectivity index (χ0) is 26.9. The van der Waals surface area contributed by atoms with E-state index in [1.54, 1.807) is 0 Å². The summed E-state index contributed by atoms with van der Waals surface area (Å²) in [6.07, 6.45) is 0. The van der Waals surface area contributed by atoms with E-state index in [9.17, 15) is 0 Å². The fourth-order valence-electron chi connectivity index (χ4n) is 6.74. The molecule has 0 unspecified atom stereocenters. The quantitative estimate of drug-likeness (QED) is 0.164. The molecular weight excluding hydrogens is 496 g/mol. The summed E-state index contributed by atoms with van der Waals surface area (Å²) in [7, 11) is 0. The van der Waals surface area contributed by atoms with Crippen molar-refractivity contribution in [1.82, 2.24) is 9.38 Å². The van der Waals surface area contributed by atoms with Crippen molar-refractivity contribution in [2.24, 2.45) is 0 Å². The maximum Gasteiger partial charge on any atom is 0.146 e. The molecule has 41 heavy (non-hydrogen) atoms. The summed E-state index contributed by atoms with van der Waals surface area (Å²) in [6.45, 7) is 0. The van der Waals surface area contributed by atoms with Crippen molar-refractivity contribution in [3.05, 3.63) is 146 Å². The third-order valence-corrected chi connectivity index (χ3v) is 8.50. The molecule has 0 amide bonds. The Hall–Kier alpha value is -5.47. The molecule has 9 aromatic rings. The third kappa shape index (κ3) is 3.16. The minimum absolute atomic E-state index is 0.987. The Balaban J connectivity index is 1.66. The minimum Gasteiger partial charge on any atom is -0.290 e. The number of hydrogen-bond acceptors (Lipinski definition) is 1. The van der Waals surface area contributed by atoms with Crippen molar-refractivity contribution in [2.75, 3.05) is 0 Å². The summed E-state index contributed by atoms with van der Waals surface area (Å²) in [5.41, 5.74) is 7.93. The highest BCUT2D eigenvalue weighted by atomic mass is 15.0. The maximum absolute atomic E-state index is 5.51. The predicted molar refractivity (Wildman–Crippen MR) is 174 cm³/mol. The Kier molecular flexibility index (Phi) is 4.64. The van der Waals surface area contributed by atoms with Crippen molar-refractivity contribution in [2.45, 2.75) is 0 Å². The van der Waals surface area contributed by atoms with Gasteiger partial charge in [0, 0.05) is 21.7 Å². The molecule has 2 heterocycles. The van der Waals surface area contributed by atoms with Crippen molar-refractivity contribution >= 4 is 59.8 Å². The van der Waals surface area contributed by atoms with Gasteiger partial charge in [0.05, 0.1) is 16.7 Å². The lowest BCUT2D eigenvalue weighted by molar-refractivity contribution is 1.25. The molecule has 2 nitrogen and oxygen atoms in total. The topological polar surface area (TPSA) is 17.3 Å². The largest absolute Gasteiger partial charge is 0.290 e. The fourth-order valence-corrected chi connectivity index (χ4v) is 6.74. The molecule has 0 aliphatic carbocycles. The number of imidazole rings is 1. The Bertz CT molecular complexity index is 2450. The molecule has 0 aliphatic heterocycles. The van der Waals surface area contributed by atoms with Crippen molar-refractivity contribution in [3.8, 4) is 22.4 Å². The van der Waals surface area contributed by atoms with Gasteiger partial charge in [0.1, 0.15) is 5.65 Å². The van der Waals surface area contributed by atoms with Gasteiger partial charge in [-0.1, -0.05) is 133 Å². The number of aromatic nitrogens is 2. The molecule has 2 aromatic heterocycles. The maximum atomic E-state index is 5.51. The zero-order valence-electron chi connectivity index (χ0n) is 22.3. The summed E-state index contributed by atoms with van der Waals surface area (Å²) in [4.78, 5) is 5.51. The summed E-state index contributed by atoms with van der Waals surface area (Å²) >= 11 is 0. The summed E-state index contributed by atoms with van der Waals surface area (Å²) in [5, 5.41) is 9.69. The highest BCUT2D eigenvalue weighted by Gasteiger charge is 2.23. The lowest BCUT2D eigenvalue weighted by Gasteiger charge is -2.19. The van der Waals surface area contributed by atoms with Gasteiger partial charge in [0.2, 0.25) is 0 Å². The fraction of sp³-hybridized carbons (Fsp3) is 0. The molecule has 0 aliphatic rings. The molecule has 2 heteroatoms. The van der Waals surface area contributed by atoms with E-state index >= 15 is 0 Å². The number of benzene rings is 7. The van der Waals surface area contributed by atoms with Crippen LogP contribution in [0.2, 0.25) is 0 Å². The molecule has 190 valence electrons. The second-order valence-electron chi connectivity index (χ2n) is 10.8. The SMILES string of the molecule is c1ccc(-c2c(-c3ccccc3)n3c(nc4c5ccccc5c5ccccc5c43)c3cc4ccccc4cc23)cc1. The van der Waals surface area contributed by atoms with E-state index in [0.29, 0.717) is 0 Å². The first kappa shape index (κ1) is 22.4. The lowest BCUT2D eigenvalue weighted by Crippen LogP contribution is -1.99. The van der Waals surface area contributed by atoms with Crippen LogP contribution in [0, 0.1) is 0 Å². The third-order valence-electron chi connectivity index (χ3n) is 8.50. The van der Waals surface area contributed by atoms with Crippen molar-refractivity contribution < 1.29 is 0 Å². The van der Waals surface area contributed by atoms with Gasteiger partial charge < -0.3 is 0 Å². The highest BCUT2D eigenvalue weighted by Crippen LogP contribution is 2.45. The van der Waals surface area contributed by atoms with Crippen LogP contribution in [0.15, 0.2) is 146 Å². The van der Waals surface area contributed by atoms with Gasteiger partial charge in [0.25, 0.3) is 0 Å². The van der Waals surface area contributed by atoms with Crippen LogP contribution in [-0.2, 0) is 0 Å². The van der Waals surface area contributed by atoms with Gasteiger partial charge in [-0.05, 0) is 50.2 Å². The zero-order valence-corrected chi connectivity index (χ0v) is 22.3. The van der Waals surface area contributed by atoms with E-state index in [1.165, 1.54) is 54.4 Å². The molecule has 0 N–H and O–H groups in total. The number of nitrogens with zero attached hydrogens (tertiary/aromatic N) is 2. The Labute approximate surface area is 236 Å². The lowest BCUT2D eigenvalue weighted by atomic mass is 9.92. The molecule has 0 saturated carbocycles. The number of fused-ring (bicyclic) bond motifs is 11. The average Bonchev–Trinajstić information content (AvgIpc) is 3.45. The highest BCUT2D eigenvalue weighted by molar-refractivity contribution is 6.26. The van der Waals surface area contributed by atoms with Crippen LogP contribution in [0.25, 0.3) is 82.2 Å². The van der Waals surface area contributed by atoms with Gasteiger partial charge >= 0.3 is 0 Å². The molecule has 0 spiro atoms. The van der Waals surface area contributed by atoms with E-state index < -0.39 is 0 Å². The molecule has 9 rings (SSSR count). The Morgan fingerprint density at radius 2 is 0.927 bits per heavy atom. The second kappa shape index (κ2) is 8.51. The van der Waals surface area contributed by atoms with Crippen LogP contribution >= 0.6 is 0 Å². The van der Waals surface area contributed by atoms with Crippen LogP contribution in [0.4, 0.5) is 0 Å². The summed E-state index contributed by atoms with van der Waals surface area (Å²) < 4.78 is 2.44. The van der Waals surface area contributed by atoms with E-state index in [0.717, 1.165) is 27.8 Å². The smallest absolute Gasteiger partial charge is 0.146 e. The van der Waals surface area contributed by atoms with Crippen LogP contribution in [0.3, 0.4) is 0 Å². The van der Waals surface area contributed by atoms with E-state index in [-0.39, 0.29) is 0 Å². The predicted octanol–water partition coefficient (Wildman–Crippen LogP) is 10.4. The first-order chi connectivity index (χ1) is 20.4. The monoisotopic (exact) mass is 520 g/mol. The minimum atomic E-state index is 0.987. The first-order valence-electron chi connectivity index (χ1n) is 14.1. The van der Waals surface area contributed by atoms with Crippen molar-refractivity contribution in [3.63, 3.8) is 0 Å². The van der Waals surface area contributed by atoms with Crippen LogP contribution in [0.1, 0.15) is 0 Å². The first-order valence-corrected chi connectivity index (χ1v) is 14.1. The van der Waals surface area contributed by atoms with Crippen LogP contribution < -0.4 is 0 Å². The van der Waals surface area contributed by atoms with Gasteiger partial charge in [-0.15, -0.1) is 0 Å². The molecule has 7 aromatic carbocycles.